The Hall–Kier alpha value is -0.820. The monoisotopic (exact) mass is 252 g/mol. The number of hydrogen-bond acceptors (Lipinski definition) is 1. The third-order valence-corrected chi connectivity index (χ3v) is 2.56. The van der Waals surface area contributed by atoms with Crippen LogP contribution in [0.1, 0.15) is 58.1 Å². The molecule has 18 heavy (non-hydrogen) atoms. The minimum Gasteiger partial charge on any atom is -0.385 e. The molecule has 0 amide bonds. The molecule has 0 spiro atoms. The van der Waals surface area contributed by atoms with Gasteiger partial charge in [0.2, 0.25) is 0 Å². The molecular weight excluding hydrogens is 220 g/mol. The third kappa shape index (κ3) is 10.3. The minimum atomic E-state index is 0.897. The zero-order valence-corrected chi connectivity index (χ0v) is 13.3. The average molecular weight is 252 g/mol. The van der Waals surface area contributed by atoms with Gasteiger partial charge in [0, 0.05) is 13.7 Å². The standard InChI is InChI=1S/C13H20O.2C2H6/c1-12-8-5-6-10-13(12)9-4-3-7-11-14-2;2*1-2/h5-6,8,10H,3-4,7,9,11H2,1-2H3;2*1-2H3. The maximum Gasteiger partial charge on any atom is 0.0462 e. The molecule has 0 heterocycles. The van der Waals surface area contributed by atoms with Crippen LogP contribution in [0.5, 0.6) is 0 Å². The smallest absolute Gasteiger partial charge is 0.0462 e. The summed E-state index contributed by atoms with van der Waals surface area (Å²) in [5, 5.41) is 0. The van der Waals surface area contributed by atoms with Gasteiger partial charge in [-0.1, -0.05) is 58.4 Å². The summed E-state index contributed by atoms with van der Waals surface area (Å²) in [5.74, 6) is 0. The summed E-state index contributed by atoms with van der Waals surface area (Å²) in [6.07, 6.45) is 4.93. The molecule has 1 aromatic carbocycles. The molecule has 0 aliphatic heterocycles. The van der Waals surface area contributed by atoms with Crippen molar-refractivity contribution in [1.82, 2.24) is 0 Å². The molecule has 0 unspecified atom stereocenters. The maximum atomic E-state index is 5.02. The lowest BCUT2D eigenvalue weighted by Crippen LogP contribution is -1.92. The van der Waals surface area contributed by atoms with E-state index in [1.165, 1.54) is 36.8 Å². The van der Waals surface area contributed by atoms with Gasteiger partial charge < -0.3 is 4.74 Å². The van der Waals surface area contributed by atoms with E-state index < -0.39 is 0 Å². The quantitative estimate of drug-likeness (QED) is 0.615. The van der Waals surface area contributed by atoms with Crippen molar-refractivity contribution in [3.05, 3.63) is 35.4 Å². The second kappa shape index (κ2) is 16.2. The van der Waals surface area contributed by atoms with Crippen molar-refractivity contribution in [2.24, 2.45) is 0 Å². The van der Waals surface area contributed by atoms with Crippen LogP contribution in [0.4, 0.5) is 0 Å². The molecule has 0 saturated carbocycles. The second-order valence-corrected chi connectivity index (χ2v) is 3.73. The van der Waals surface area contributed by atoms with E-state index in [9.17, 15) is 0 Å². The maximum absolute atomic E-state index is 5.02. The number of rotatable bonds is 6. The summed E-state index contributed by atoms with van der Waals surface area (Å²) in [6, 6.07) is 8.64. The topological polar surface area (TPSA) is 9.23 Å². The van der Waals surface area contributed by atoms with Crippen molar-refractivity contribution in [1.29, 1.82) is 0 Å². The summed E-state index contributed by atoms with van der Waals surface area (Å²) >= 11 is 0. The number of hydrogen-bond donors (Lipinski definition) is 0. The van der Waals surface area contributed by atoms with Crippen molar-refractivity contribution < 1.29 is 4.74 Å². The van der Waals surface area contributed by atoms with Gasteiger partial charge in [-0.05, 0) is 37.3 Å². The van der Waals surface area contributed by atoms with Crippen LogP contribution < -0.4 is 0 Å². The predicted octanol–water partition coefficient (Wildman–Crippen LogP) is 5.41. The largest absolute Gasteiger partial charge is 0.385 e. The van der Waals surface area contributed by atoms with Crippen LogP contribution in [-0.4, -0.2) is 13.7 Å². The van der Waals surface area contributed by atoms with Gasteiger partial charge in [0.25, 0.3) is 0 Å². The molecule has 0 aromatic heterocycles. The highest BCUT2D eigenvalue weighted by molar-refractivity contribution is 5.25. The molecule has 0 radical (unpaired) electrons. The van der Waals surface area contributed by atoms with E-state index in [1.54, 1.807) is 7.11 Å². The predicted molar refractivity (Wildman–Crippen MR) is 83.3 cm³/mol. The lowest BCUT2D eigenvalue weighted by molar-refractivity contribution is 0.192. The molecule has 0 saturated heterocycles. The Bertz CT molecular complexity index is 256. The summed E-state index contributed by atoms with van der Waals surface area (Å²) in [6.45, 7) is 11.1. The first kappa shape index (κ1) is 19.5. The number of benzene rings is 1. The summed E-state index contributed by atoms with van der Waals surface area (Å²) in [5.41, 5.74) is 2.91. The number of ether oxygens (including phenoxy) is 1. The first-order valence-corrected chi connectivity index (χ1v) is 7.38. The van der Waals surface area contributed by atoms with E-state index in [2.05, 4.69) is 31.2 Å². The normalized spacial score (nSPS) is 8.78. The van der Waals surface area contributed by atoms with Crippen molar-refractivity contribution >= 4 is 0 Å². The van der Waals surface area contributed by atoms with Crippen LogP contribution in [0.25, 0.3) is 0 Å². The van der Waals surface area contributed by atoms with Gasteiger partial charge in [0.15, 0.2) is 0 Å². The Morgan fingerprint density at radius 3 is 2.06 bits per heavy atom. The number of aryl methyl sites for hydroxylation is 2. The zero-order chi connectivity index (χ0) is 14.2. The Labute approximate surface area is 115 Å². The van der Waals surface area contributed by atoms with Gasteiger partial charge in [-0.25, -0.2) is 0 Å². The molecule has 0 fully saturated rings. The highest BCUT2D eigenvalue weighted by Crippen LogP contribution is 2.11. The van der Waals surface area contributed by atoms with Gasteiger partial charge in [0.1, 0.15) is 0 Å². The summed E-state index contributed by atoms with van der Waals surface area (Å²) in [4.78, 5) is 0. The highest BCUT2D eigenvalue weighted by atomic mass is 16.5. The first-order valence-electron chi connectivity index (χ1n) is 7.38. The van der Waals surface area contributed by atoms with E-state index in [0.29, 0.717) is 0 Å². The second-order valence-electron chi connectivity index (χ2n) is 3.73. The molecule has 1 aromatic rings. The van der Waals surface area contributed by atoms with Crippen LogP contribution in [0.3, 0.4) is 0 Å². The number of methoxy groups -OCH3 is 1. The Kier molecular flexibility index (Phi) is 17.5. The lowest BCUT2D eigenvalue weighted by Gasteiger charge is -2.04. The van der Waals surface area contributed by atoms with Crippen LogP contribution in [-0.2, 0) is 11.2 Å². The van der Waals surface area contributed by atoms with E-state index in [1.807, 2.05) is 27.7 Å². The fraction of sp³-hybridized carbons (Fsp3) is 0.647. The summed E-state index contributed by atoms with van der Waals surface area (Å²) < 4.78 is 5.02. The van der Waals surface area contributed by atoms with Gasteiger partial charge in [-0.3, -0.25) is 0 Å². The molecule has 1 rings (SSSR count). The Morgan fingerprint density at radius 1 is 0.889 bits per heavy atom. The van der Waals surface area contributed by atoms with E-state index in [0.717, 1.165) is 6.61 Å². The van der Waals surface area contributed by atoms with Gasteiger partial charge in [-0.2, -0.15) is 0 Å². The Morgan fingerprint density at radius 2 is 1.50 bits per heavy atom. The number of unbranched alkanes of at least 4 members (excludes halogenated alkanes) is 2. The van der Waals surface area contributed by atoms with E-state index in [4.69, 9.17) is 4.74 Å². The van der Waals surface area contributed by atoms with E-state index >= 15 is 0 Å². The average Bonchev–Trinajstić information content (AvgIpc) is 2.45. The molecule has 0 atom stereocenters. The van der Waals surface area contributed by atoms with E-state index in [-0.39, 0.29) is 0 Å². The van der Waals surface area contributed by atoms with Crippen LogP contribution in [0, 0.1) is 6.92 Å². The van der Waals surface area contributed by atoms with Gasteiger partial charge in [0.05, 0.1) is 0 Å². The molecular formula is C17H32O. The van der Waals surface area contributed by atoms with Gasteiger partial charge in [-0.15, -0.1) is 0 Å². The van der Waals surface area contributed by atoms with Crippen LogP contribution in [0.15, 0.2) is 24.3 Å². The minimum absolute atomic E-state index is 0.897. The van der Waals surface area contributed by atoms with Crippen molar-refractivity contribution in [2.45, 2.75) is 60.3 Å². The van der Waals surface area contributed by atoms with Gasteiger partial charge >= 0.3 is 0 Å². The fourth-order valence-corrected chi connectivity index (χ4v) is 1.63. The third-order valence-electron chi connectivity index (χ3n) is 2.56. The SMILES string of the molecule is CC.CC.COCCCCCc1ccccc1C. The highest BCUT2D eigenvalue weighted by Gasteiger charge is 1.96. The van der Waals surface area contributed by atoms with Crippen molar-refractivity contribution in [2.75, 3.05) is 13.7 Å². The van der Waals surface area contributed by atoms with Crippen molar-refractivity contribution in [3.63, 3.8) is 0 Å². The first-order chi connectivity index (χ1) is 8.84. The van der Waals surface area contributed by atoms with Crippen molar-refractivity contribution in [3.8, 4) is 0 Å². The molecule has 0 aliphatic rings. The zero-order valence-electron chi connectivity index (χ0n) is 13.3. The molecule has 0 aliphatic carbocycles. The fourth-order valence-electron chi connectivity index (χ4n) is 1.63. The molecule has 1 heteroatoms. The summed E-state index contributed by atoms with van der Waals surface area (Å²) in [7, 11) is 1.77. The molecule has 106 valence electrons. The molecule has 0 N–H and O–H groups in total. The molecule has 1 nitrogen and oxygen atoms in total. The lowest BCUT2D eigenvalue weighted by atomic mass is 10.0. The van der Waals surface area contributed by atoms with Crippen LogP contribution >= 0.6 is 0 Å². The van der Waals surface area contributed by atoms with Crippen LogP contribution in [0.2, 0.25) is 0 Å². The Balaban J connectivity index is 0. The molecule has 0 bridgehead atoms.